The average molecular weight is 393 g/mol. The van der Waals surface area contributed by atoms with Gasteiger partial charge in [0.1, 0.15) is 5.75 Å². The minimum atomic E-state index is -0.348. The number of amides is 1. The second-order valence-electron chi connectivity index (χ2n) is 6.34. The minimum absolute atomic E-state index is 0.122. The van der Waals surface area contributed by atoms with E-state index in [9.17, 15) is 4.79 Å². The average Bonchev–Trinajstić information content (AvgIpc) is 2.59. The van der Waals surface area contributed by atoms with Gasteiger partial charge in [0.15, 0.2) is 6.61 Å². The maximum absolute atomic E-state index is 12.1. The van der Waals surface area contributed by atoms with Gasteiger partial charge in [-0.25, -0.2) is 5.43 Å². The Balaban J connectivity index is 2.01. The van der Waals surface area contributed by atoms with Crippen LogP contribution in [0.5, 0.6) is 5.75 Å². The van der Waals surface area contributed by atoms with Crippen LogP contribution in [0.15, 0.2) is 41.5 Å². The Bertz CT molecular complexity index is 833. The summed E-state index contributed by atoms with van der Waals surface area (Å²) in [6.45, 7) is 7.78. The van der Waals surface area contributed by atoms with Crippen LogP contribution in [0.2, 0.25) is 10.0 Å². The molecule has 0 aromatic heterocycles. The molecule has 1 N–H and O–H groups in total. The summed E-state index contributed by atoms with van der Waals surface area (Å²) in [7, 11) is 0. The van der Waals surface area contributed by atoms with Gasteiger partial charge in [-0.3, -0.25) is 4.79 Å². The first-order valence-corrected chi connectivity index (χ1v) is 9.05. The number of benzene rings is 2. The lowest BCUT2D eigenvalue weighted by molar-refractivity contribution is -0.123. The molecule has 0 unspecified atom stereocenters. The molecule has 0 heterocycles. The molecule has 0 aliphatic heterocycles. The lowest BCUT2D eigenvalue weighted by Crippen LogP contribution is -2.26. The van der Waals surface area contributed by atoms with Crippen molar-refractivity contribution in [3.8, 4) is 5.75 Å². The zero-order valence-corrected chi connectivity index (χ0v) is 16.8. The van der Waals surface area contributed by atoms with Crippen molar-refractivity contribution < 1.29 is 9.53 Å². The third-order valence-electron chi connectivity index (χ3n) is 3.82. The van der Waals surface area contributed by atoms with Crippen molar-refractivity contribution in [2.75, 3.05) is 6.61 Å². The van der Waals surface area contributed by atoms with E-state index in [1.807, 2.05) is 25.1 Å². The number of nitrogens with zero attached hydrogens (tertiary/aromatic N) is 1. The lowest BCUT2D eigenvalue weighted by Gasteiger charge is -2.14. The quantitative estimate of drug-likeness (QED) is 0.532. The molecule has 0 bridgehead atoms. The fourth-order valence-electron chi connectivity index (χ4n) is 2.40. The first-order chi connectivity index (χ1) is 12.3. The molecule has 6 heteroatoms. The summed E-state index contributed by atoms with van der Waals surface area (Å²) < 4.78 is 5.69. The van der Waals surface area contributed by atoms with Gasteiger partial charge >= 0.3 is 0 Å². The number of ether oxygens (including phenoxy) is 1. The predicted octanol–water partition coefficient (Wildman–Crippen LogP) is 5.34. The van der Waals surface area contributed by atoms with Crippen molar-refractivity contribution in [1.82, 2.24) is 5.43 Å². The molecule has 4 nitrogen and oxygen atoms in total. The topological polar surface area (TPSA) is 50.7 Å². The van der Waals surface area contributed by atoms with Gasteiger partial charge in [0.05, 0.1) is 5.71 Å². The third-order valence-corrected chi connectivity index (χ3v) is 4.38. The van der Waals surface area contributed by atoms with Crippen LogP contribution in [-0.2, 0) is 4.79 Å². The minimum Gasteiger partial charge on any atom is -0.483 e. The fourth-order valence-corrected chi connectivity index (χ4v) is 2.83. The fraction of sp³-hybridized carbons (Fsp3) is 0.300. The van der Waals surface area contributed by atoms with Crippen molar-refractivity contribution in [2.45, 2.75) is 33.6 Å². The van der Waals surface area contributed by atoms with E-state index in [1.54, 1.807) is 25.1 Å². The van der Waals surface area contributed by atoms with Crippen LogP contribution in [0.1, 0.15) is 43.4 Å². The van der Waals surface area contributed by atoms with Crippen molar-refractivity contribution >= 4 is 34.8 Å². The molecule has 0 aliphatic rings. The molecule has 0 radical (unpaired) electrons. The second kappa shape index (κ2) is 9.06. The molecule has 0 atom stereocenters. The molecular weight excluding hydrogens is 371 g/mol. The van der Waals surface area contributed by atoms with E-state index in [2.05, 4.69) is 24.4 Å². The van der Waals surface area contributed by atoms with E-state index in [-0.39, 0.29) is 12.5 Å². The molecule has 2 rings (SSSR count). The van der Waals surface area contributed by atoms with Crippen LogP contribution in [-0.4, -0.2) is 18.2 Å². The number of hydrogen-bond donors (Lipinski definition) is 1. The number of nitrogens with one attached hydrogen (secondary N) is 1. The standard InChI is InChI=1S/C20H22Cl2N2O2/c1-12(2)16-7-5-13(3)9-19(16)26-11-20(25)24-23-14(4)17-10-15(21)6-8-18(17)22/h5-10,12H,11H2,1-4H3,(H,24,25). The summed E-state index contributed by atoms with van der Waals surface area (Å²) in [6.07, 6.45) is 0. The zero-order valence-electron chi connectivity index (χ0n) is 15.3. The highest BCUT2D eigenvalue weighted by Crippen LogP contribution is 2.27. The molecule has 0 spiro atoms. The van der Waals surface area contributed by atoms with Gasteiger partial charge in [-0.2, -0.15) is 5.10 Å². The molecule has 1 amide bonds. The van der Waals surface area contributed by atoms with Crippen LogP contribution in [0.3, 0.4) is 0 Å². The normalized spacial score (nSPS) is 11.6. The first-order valence-electron chi connectivity index (χ1n) is 8.30. The van der Waals surface area contributed by atoms with E-state index >= 15 is 0 Å². The number of hydrogen-bond acceptors (Lipinski definition) is 3. The smallest absolute Gasteiger partial charge is 0.277 e. The van der Waals surface area contributed by atoms with Crippen LogP contribution in [0.4, 0.5) is 0 Å². The van der Waals surface area contributed by atoms with Gasteiger partial charge in [0, 0.05) is 15.6 Å². The van der Waals surface area contributed by atoms with E-state index in [4.69, 9.17) is 27.9 Å². The monoisotopic (exact) mass is 392 g/mol. The SMILES string of the molecule is CC(=NNC(=O)COc1cc(C)ccc1C(C)C)c1cc(Cl)ccc1Cl. The van der Waals surface area contributed by atoms with E-state index < -0.39 is 0 Å². The van der Waals surface area contributed by atoms with Crippen molar-refractivity contribution in [1.29, 1.82) is 0 Å². The van der Waals surface area contributed by atoms with Crippen molar-refractivity contribution in [3.63, 3.8) is 0 Å². The van der Waals surface area contributed by atoms with E-state index in [0.29, 0.717) is 33.0 Å². The highest BCUT2D eigenvalue weighted by molar-refractivity contribution is 6.36. The van der Waals surface area contributed by atoms with Crippen LogP contribution < -0.4 is 10.2 Å². The summed E-state index contributed by atoms with van der Waals surface area (Å²) >= 11 is 12.1. The van der Waals surface area contributed by atoms with Gasteiger partial charge in [-0.15, -0.1) is 0 Å². The van der Waals surface area contributed by atoms with Crippen molar-refractivity contribution in [2.24, 2.45) is 5.10 Å². The Labute approximate surface area is 164 Å². The summed E-state index contributed by atoms with van der Waals surface area (Å²) in [4.78, 5) is 12.1. The Morgan fingerprint density at radius 3 is 2.62 bits per heavy atom. The van der Waals surface area contributed by atoms with Gasteiger partial charge in [0.25, 0.3) is 5.91 Å². The Kier molecular flexibility index (Phi) is 7.06. The van der Waals surface area contributed by atoms with Crippen LogP contribution in [0, 0.1) is 6.92 Å². The second-order valence-corrected chi connectivity index (χ2v) is 7.18. The summed E-state index contributed by atoms with van der Waals surface area (Å²) in [5.74, 6) is 0.673. The largest absolute Gasteiger partial charge is 0.483 e. The summed E-state index contributed by atoms with van der Waals surface area (Å²) in [5, 5.41) is 5.14. The van der Waals surface area contributed by atoms with Crippen LogP contribution >= 0.6 is 23.2 Å². The number of aryl methyl sites for hydroxylation is 1. The lowest BCUT2D eigenvalue weighted by atomic mass is 10.0. The third kappa shape index (κ3) is 5.48. The number of rotatable bonds is 6. The van der Waals surface area contributed by atoms with Gasteiger partial charge in [-0.05, 0) is 55.2 Å². The number of carbonyl (C=O) groups is 1. The molecular formula is C20H22Cl2N2O2. The van der Waals surface area contributed by atoms with Gasteiger partial charge < -0.3 is 4.74 Å². The molecule has 26 heavy (non-hydrogen) atoms. The highest BCUT2D eigenvalue weighted by Gasteiger charge is 2.11. The molecule has 0 fully saturated rings. The van der Waals surface area contributed by atoms with Gasteiger partial charge in [0.2, 0.25) is 0 Å². The van der Waals surface area contributed by atoms with E-state index in [0.717, 1.165) is 11.1 Å². The Morgan fingerprint density at radius 2 is 1.92 bits per heavy atom. The predicted molar refractivity (Wildman–Crippen MR) is 108 cm³/mol. The maximum Gasteiger partial charge on any atom is 0.277 e. The first kappa shape index (κ1) is 20.3. The molecule has 2 aromatic rings. The van der Waals surface area contributed by atoms with Gasteiger partial charge in [-0.1, -0.05) is 49.2 Å². The maximum atomic E-state index is 12.1. The zero-order chi connectivity index (χ0) is 19.3. The molecule has 0 saturated carbocycles. The van der Waals surface area contributed by atoms with E-state index in [1.165, 1.54) is 0 Å². The summed E-state index contributed by atoms with van der Waals surface area (Å²) in [5.41, 5.74) is 5.85. The van der Waals surface area contributed by atoms with Crippen LogP contribution in [0.25, 0.3) is 0 Å². The molecule has 2 aromatic carbocycles. The number of carbonyl (C=O) groups excluding carboxylic acids is 1. The Hall–Kier alpha value is -2.04. The molecule has 0 aliphatic carbocycles. The molecule has 0 saturated heterocycles. The highest BCUT2D eigenvalue weighted by atomic mass is 35.5. The molecule has 138 valence electrons. The summed E-state index contributed by atoms with van der Waals surface area (Å²) in [6, 6.07) is 11.1. The number of hydrazone groups is 1. The Morgan fingerprint density at radius 1 is 1.19 bits per heavy atom. The van der Waals surface area contributed by atoms with Crippen molar-refractivity contribution in [3.05, 3.63) is 63.1 Å². The number of halogens is 2.